The monoisotopic (exact) mass is 249 g/mol. The largest absolute Gasteiger partial charge is 0.493 e. The van der Waals surface area contributed by atoms with Crippen LogP contribution in [0.2, 0.25) is 0 Å². The van der Waals surface area contributed by atoms with Crippen molar-refractivity contribution in [1.82, 2.24) is 5.32 Å². The Morgan fingerprint density at radius 1 is 1.44 bits per heavy atom. The van der Waals surface area contributed by atoms with Crippen LogP contribution in [0.3, 0.4) is 0 Å². The molecule has 0 saturated carbocycles. The standard InChI is InChI=1S/C14H19NO3/c1-4-7-18-13-6-5-12(8-14(13)17-3)10-15-9-11(2)16/h1,5-6,8,11,15-16H,7,9-10H2,2-3H3. The van der Waals surface area contributed by atoms with Crippen LogP contribution in [0.25, 0.3) is 0 Å². The van der Waals surface area contributed by atoms with Gasteiger partial charge in [0, 0.05) is 13.1 Å². The highest BCUT2D eigenvalue weighted by Gasteiger charge is 2.05. The van der Waals surface area contributed by atoms with Crippen LogP contribution < -0.4 is 14.8 Å². The molecule has 0 aromatic heterocycles. The smallest absolute Gasteiger partial charge is 0.162 e. The molecule has 1 atom stereocenters. The number of methoxy groups -OCH3 is 1. The van der Waals surface area contributed by atoms with Crippen molar-refractivity contribution in [3.05, 3.63) is 23.8 Å². The number of aliphatic hydroxyl groups excluding tert-OH is 1. The van der Waals surface area contributed by atoms with E-state index in [0.29, 0.717) is 24.6 Å². The van der Waals surface area contributed by atoms with Crippen LogP contribution in [0, 0.1) is 12.3 Å². The topological polar surface area (TPSA) is 50.7 Å². The van der Waals surface area contributed by atoms with Crippen LogP contribution in [-0.2, 0) is 6.54 Å². The molecule has 0 radical (unpaired) electrons. The Morgan fingerprint density at radius 2 is 2.22 bits per heavy atom. The first-order chi connectivity index (χ1) is 8.67. The van der Waals surface area contributed by atoms with Gasteiger partial charge in [0.05, 0.1) is 13.2 Å². The fraction of sp³-hybridized carbons (Fsp3) is 0.429. The number of hydrogen-bond donors (Lipinski definition) is 2. The Balaban J connectivity index is 2.64. The van der Waals surface area contributed by atoms with Crippen molar-refractivity contribution in [2.45, 2.75) is 19.6 Å². The van der Waals surface area contributed by atoms with Gasteiger partial charge >= 0.3 is 0 Å². The minimum atomic E-state index is -0.356. The third-order valence-electron chi connectivity index (χ3n) is 2.31. The Morgan fingerprint density at radius 3 is 2.83 bits per heavy atom. The van der Waals surface area contributed by atoms with E-state index < -0.39 is 0 Å². The van der Waals surface area contributed by atoms with Gasteiger partial charge in [-0.25, -0.2) is 0 Å². The summed E-state index contributed by atoms with van der Waals surface area (Å²) in [5.41, 5.74) is 1.06. The van der Waals surface area contributed by atoms with Crippen molar-refractivity contribution in [3.8, 4) is 23.8 Å². The van der Waals surface area contributed by atoms with Gasteiger partial charge in [0.1, 0.15) is 6.61 Å². The molecule has 0 aliphatic rings. The van der Waals surface area contributed by atoms with E-state index in [4.69, 9.17) is 21.0 Å². The summed E-state index contributed by atoms with van der Waals surface area (Å²) in [6.45, 7) is 3.18. The molecule has 98 valence electrons. The van der Waals surface area contributed by atoms with Gasteiger partial charge < -0.3 is 19.9 Å². The lowest BCUT2D eigenvalue weighted by Crippen LogP contribution is -2.23. The van der Waals surface area contributed by atoms with Crippen molar-refractivity contribution in [2.75, 3.05) is 20.3 Å². The highest BCUT2D eigenvalue weighted by Crippen LogP contribution is 2.27. The van der Waals surface area contributed by atoms with Gasteiger partial charge in [-0.2, -0.15) is 0 Å². The minimum Gasteiger partial charge on any atom is -0.493 e. The fourth-order valence-electron chi connectivity index (χ4n) is 1.49. The fourth-order valence-corrected chi connectivity index (χ4v) is 1.49. The summed E-state index contributed by atoms with van der Waals surface area (Å²) in [7, 11) is 1.59. The third-order valence-corrected chi connectivity index (χ3v) is 2.31. The lowest BCUT2D eigenvalue weighted by molar-refractivity contribution is 0.191. The molecule has 0 aliphatic heterocycles. The van der Waals surface area contributed by atoms with Gasteiger partial charge in [0.2, 0.25) is 0 Å². The van der Waals surface area contributed by atoms with Crippen molar-refractivity contribution in [2.24, 2.45) is 0 Å². The third kappa shape index (κ3) is 4.66. The van der Waals surface area contributed by atoms with E-state index in [1.807, 2.05) is 18.2 Å². The normalized spacial score (nSPS) is 11.7. The first kappa shape index (κ1) is 14.4. The maximum atomic E-state index is 9.15. The molecule has 0 saturated heterocycles. The van der Waals surface area contributed by atoms with E-state index in [1.54, 1.807) is 14.0 Å². The summed E-state index contributed by atoms with van der Waals surface area (Å²) in [5, 5.41) is 12.3. The predicted octanol–water partition coefficient (Wildman–Crippen LogP) is 1.18. The van der Waals surface area contributed by atoms with Crippen molar-refractivity contribution < 1.29 is 14.6 Å². The van der Waals surface area contributed by atoms with Gasteiger partial charge in [-0.1, -0.05) is 12.0 Å². The average Bonchev–Trinajstić information content (AvgIpc) is 2.36. The maximum Gasteiger partial charge on any atom is 0.162 e. The lowest BCUT2D eigenvalue weighted by Gasteiger charge is -2.11. The highest BCUT2D eigenvalue weighted by atomic mass is 16.5. The summed E-state index contributed by atoms with van der Waals surface area (Å²) in [6, 6.07) is 5.65. The number of benzene rings is 1. The van der Waals surface area contributed by atoms with E-state index in [-0.39, 0.29) is 12.7 Å². The highest BCUT2D eigenvalue weighted by molar-refractivity contribution is 5.43. The number of rotatable bonds is 7. The molecule has 2 N–H and O–H groups in total. The molecular formula is C14H19NO3. The van der Waals surface area contributed by atoms with E-state index >= 15 is 0 Å². The van der Waals surface area contributed by atoms with Gasteiger partial charge in [0.15, 0.2) is 11.5 Å². The molecule has 0 fully saturated rings. The zero-order valence-electron chi connectivity index (χ0n) is 10.8. The minimum absolute atomic E-state index is 0.218. The Hall–Kier alpha value is -1.70. The Labute approximate surface area is 108 Å². The summed E-state index contributed by atoms with van der Waals surface area (Å²) in [6.07, 6.45) is 4.79. The van der Waals surface area contributed by atoms with E-state index in [1.165, 1.54) is 0 Å². The van der Waals surface area contributed by atoms with Gasteiger partial charge in [-0.15, -0.1) is 6.42 Å². The van der Waals surface area contributed by atoms with Crippen LogP contribution >= 0.6 is 0 Å². The first-order valence-electron chi connectivity index (χ1n) is 5.79. The van der Waals surface area contributed by atoms with Gasteiger partial charge in [0.25, 0.3) is 0 Å². The number of nitrogens with one attached hydrogen (secondary N) is 1. The van der Waals surface area contributed by atoms with Crippen molar-refractivity contribution in [1.29, 1.82) is 0 Å². The van der Waals surface area contributed by atoms with Crippen molar-refractivity contribution >= 4 is 0 Å². The van der Waals surface area contributed by atoms with E-state index in [9.17, 15) is 0 Å². The maximum absolute atomic E-state index is 9.15. The molecule has 0 amide bonds. The molecule has 18 heavy (non-hydrogen) atoms. The van der Waals surface area contributed by atoms with Crippen molar-refractivity contribution in [3.63, 3.8) is 0 Å². The first-order valence-corrected chi connectivity index (χ1v) is 5.79. The summed E-state index contributed by atoms with van der Waals surface area (Å²) >= 11 is 0. The molecule has 1 unspecified atom stereocenters. The number of terminal acetylenes is 1. The molecule has 0 heterocycles. The lowest BCUT2D eigenvalue weighted by atomic mass is 10.2. The van der Waals surface area contributed by atoms with E-state index in [0.717, 1.165) is 5.56 Å². The molecule has 0 bridgehead atoms. The van der Waals surface area contributed by atoms with Gasteiger partial charge in [-0.3, -0.25) is 0 Å². The molecule has 1 aromatic rings. The molecule has 4 heteroatoms. The van der Waals surface area contributed by atoms with Crippen LogP contribution in [0.15, 0.2) is 18.2 Å². The zero-order valence-corrected chi connectivity index (χ0v) is 10.8. The molecular weight excluding hydrogens is 230 g/mol. The summed E-state index contributed by atoms with van der Waals surface area (Å²) in [5.74, 6) is 3.70. The molecule has 1 aromatic carbocycles. The second-order valence-electron chi connectivity index (χ2n) is 3.96. The van der Waals surface area contributed by atoms with Crippen LogP contribution in [0.1, 0.15) is 12.5 Å². The molecule has 4 nitrogen and oxygen atoms in total. The molecule has 0 spiro atoms. The van der Waals surface area contributed by atoms with E-state index in [2.05, 4.69) is 11.2 Å². The Bertz CT molecular complexity index is 410. The summed E-state index contributed by atoms with van der Waals surface area (Å²) in [4.78, 5) is 0. The number of aliphatic hydroxyl groups is 1. The van der Waals surface area contributed by atoms with Gasteiger partial charge in [-0.05, 0) is 24.6 Å². The average molecular weight is 249 g/mol. The summed E-state index contributed by atoms with van der Waals surface area (Å²) < 4.78 is 10.6. The number of ether oxygens (including phenoxy) is 2. The van der Waals surface area contributed by atoms with Crippen LogP contribution in [-0.4, -0.2) is 31.5 Å². The van der Waals surface area contributed by atoms with Crippen LogP contribution in [0.5, 0.6) is 11.5 Å². The molecule has 1 rings (SSSR count). The second-order valence-corrected chi connectivity index (χ2v) is 3.96. The van der Waals surface area contributed by atoms with Crippen LogP contribution in [0.4, 0.5) is 0 Å². The SMILES string of the molecule is C#CCOc1ccc(CNCC(C)O)cc1OC. The second kappa shape index (κ2) is 7.59. The Kier molecular flexibility index (Phi) is 6.06. The predicted molar refractivity (Wildman–Crippen MR) is 70.7 cm³/mol. The molecule has 0 aliphatic carbocycles. The quantitative estimate of drug-likeness (QED) is 0.712. The zero-order chi connectivity index (χ0) is 13.4. The number of hydrogen-bond acceptors (Lipinski definition) is 4.